The third-order valence-electron chi connectivity index (χ3n) is 2.59. The van der Waals surface area contributed by atoms with Crippen LogP contribution < -0.4 is 5.73 Å². The quantitative estimate of drug-likeness (QED) is 0.260. The van der Waals surface area contributed by atoms with Crippen molar-refractivity contribution in [2.24, 2.45) is 5.73 Å². The average Bonchev–Trinajstić information content (AvgIpc) is 2.44. The lowest BCUT2D eigenvalue weighted by atomic mass is 10.0. The van der Waals surface area contributed by atoms with Gasteiger partial charge in [0.25, 0.3) is 10.1 Å². The molecule has 134 valence electrons. The Hall–Kier alpha value is -0.670. The minimum Gasteiger partial charge on any atom is -0.327 e. The molecule has 0 bridgehead atoms. The van der Waals surface area contributed by atoms with Gasteiger partial charge >= 0.3 is 0 Å². The van der Waals surface area contributed by atoms with Crippen LogP contribution in [0.4, 0.5) is 17.6 Å². The minimum atomic E-state index is -4.66. The van der Waals surface area contributed by atoms with Gasteiger partial charge in [-0.15, -0.1) is 6.58 Å². The second-order valence-electron chi connectivity index (χ2n) is 4.64. The Morgan fingerprint density at radius 2 is 1.59 bits per heavy atom. The monoisotopic (exact) mass is 351 g/mol. The van der Waals surface area contributed by atoms with Crippen molar-refractivity contribution in [1.29, 1.82) is 0 Å². The van der Waals surface area contributed by atoms with Crippen LogP contribution in [0.3, 0.4) is 0 Å². The SMILES string of the molecule is C=CCN.O=S(=O)(O)CC(F)C(F)C(F)CCCCCCF. The van der Waals surface area contributed by atoms with Gasteiger partial charge < -0.3 is 5.73 Å². The molecule has 0 aliphatic rings. The molecule has 0 spiro atoms. The Kier molecular flexibility index (Phi) is 15.0. The summed E-state index contributed by atoms with van der Waals surface area (Å²) in [5.41, 5.74) is 4.91. The van der Waals surface area contributed by atoms with E-state index in [9.17, 15) is 26.0 Å². The summed E-state index contributed by atoms with van der Waals surface area (Å²) in [5.74, 6) is -1.45. The zero-order chi connectivity index (χ0) is 17.6. The maximum Gasteiger partial charge on any atom is 0.267 e. The van der Waals surface area contributed by atoms with Crippen LogP contribution >= 0.6 is 0 Å². The first-order valence-corrected chi connectivity index (χ1v) is 8.54. The second-order valence-corrected chi connectivity index (χ2v) is 6.14. The fourth-order valence-electron chi connectivity index (χ4n) is 1.47. The van der Waals surface area contributed by atoms with E-state index in [1.54, 1.807) is 6.08 Å². The molecule has 22 heavy (non-hydrogen) atoms. The van der Waals surface area contributed by atoms with Gasteiger partial charge in [-0.1, -0.05) is 25.3 Å². The van der Waals surface area contributed by atoms with E-state index < -0.39 is 41.1 Å². The molecule has 0 aliphatic heterocycles. The van der Waals surface area contributed by atoms with Crippen LogP contribution in [-0.4, -0.2) is 50.5 Å². The molecular formula is C13H25F4NO3S. The van der Waals surface area contributed by atoms with E-state index in [1.165, 1.54) is 0 Å². The van der Waals surface area contributed by atoms with Gasteiger partial charge in [0.15, 0.2) is 12.3 Å². The van der Waals surface area contributed by atoms with Gasteiger partial charge in [-0.3, -0.25) is 8.94 Å². The first kappa shape index (κ1) is 23.6. The number of unbranched alkanes of at least 4 members (excludes halogenated alkanes) is 3. The van der Waals surface area contributed by atoms with Crippen LogP contribution in [0.5, 0.6) is 0 Å². The first-order valence-electron chi connectivity index (χ1n) is 6.93. The summed E-state index contributed by atoms with van der Waals surface area (Å²) in [4.78, 5) is 0. The van der Waals surface area contributed by atoms with Gasteiger partial charge in [0.2, 0.25) is 0 Å². The lowest BCUT2D eigenvalue weighted by Crippen LogP contribution is -2.33. The molecule has 0 heterocycles. The number of alkyl halides is 4. The summed E-state index contributed by atoms with van der Waals surface area (Å²) in [7, 11) is -4.66. The number of hydrogen-bond acceptors (Lipinski definition) is 3. The Morgan fingerprint density at radius 1 is 1.09 bits per heavy atom. The Balaban J connectivity index is 0. The topological polar surface area (TPSA) is 80.4 Å². The van der Waals surface area contributed by atoms with Crippen LogP contribution in [0.25, 0.3) is 0 Å². The predicted molar refractivity (Wildman–Crippen MR) is 79.4 cm³/mol. The number of hydrogen-bond donors (Lipinski definition) is 2. The van der Waals surface area contributed by atoms with E-state index in [2.05, 4.69) is 6.58 Å². The van der Waals surface area contributed by atoms with Gasteiger partial charge in [0, 0.05) is 6.54 Å². The van der Waals surface area contributed by atoms with Gasteiger partial charge in [-0.25, -0.2) is 13.2 Å². The third kappa shape index (κ3) is 15.7. The first-order chi connectivity index (χ1) is 10.2. The van der Waals surface area contributed by atoms with E-state index in [0.717, 1.165) is 0 Å². The van der Waals surface area contributed by atoms with Crippen molar-refractivity contribution >= 4 is 10.1 Å². The summed E-state index contributed by atoms with van der Waals surface area (Å²) in [5, 5.41) is 0. The van der Waals surface area contributed by atoms with E-state index in [1.807, 2.05) is 0 Å². The van der Waals surface area contributed by atoms with Crippen molar-refractivity contribution in [3.8, 4) is 0 Å². The van der Waals surface area contributed by atoms with Crippen molar-refractivity contribution in [2.45, 2.75) is 50.6 Å². The lowest BCUT2D eigenvalue weighted by molar-refractivity contribution is 0.0853. The van der Waals surface area contributed by atoms with Crippen LogP contribution in [0.2, 0.25) is 0 Å². The highest BCUT2D eigenvalue weighted by atomic mass is 32.2. The van der Waals surface area contributed by atoms with Crippen molar-refractivity contribution < 1.29 is 30.5 Å². The Labute approximate surface area is 129 Å². The highest BCUT2D eigenvalue weighted by Gasteiger charge is 2.32. The fraction of sp³-hybridized carbons (Fsp3) is 0.846. The summed E-state index contributed by atoms with van der Waals surface area (Å²) in [6.07, 6.45) is -4.19. The normalized spacial score (nSPS) is 15.4. The van der Waals surface area contributed by atoms with Gasteiger partial charge in [-0.2, -0.15) is 8.42 Å². The highest BCUT2D eigenvalue weighted by Crippen LogP contribution is 2.19. The van der Waals surface area contributed by atoms with Crippen molar-refractivity contribution in [2.75, 3.05) is 19.0 Å². The molecule has 3 N–H and O–H groups in total. The number of halogens is 4. The fourth-order valence-corrected chi connectivity index (χ4v) is 2.05. The molecule has 3 unspecified atom stereocenters. The zero-order valence-corrected chi connectivity index (χ0v) is 13.3. The summed E-state index contributed by atoms with van der Waals surface area (Å²) in [6, 6.07) is 0. The molecule has 0 aliphatic carbocycles. The largest absolute Gasteiger partial charge is 0.327 e. The molecule has 3 atom stereocenters. The van der Waals surface area contributed by atoms with Crippen molar-refractivity contribution in [3.05, 3.63) is 12.7 Å². The van der Waals surface area contributed by atoms with Crippen LogP contribution in [0.15, 0.2) is 12.7 Å². The Bertz CT molecular complexity index is 368. The van der Waals surface area contributed by atoms with Crippen LogP contribution in [0.1, 0.15) is 32.1 Å². The highest BCUT2D eigenvalue weighted by molar-refractivity contribution is 7.85. The molecule has 0 aromatic carbocycles. The van der Waals surface area contributed by atoms with Gasteiger partial charge in [0.05, 0.1) is 6.67 Å². The number of rotatable bonds is 11. The van der Waals surface area contributed by atoms with Crippen molar-refractivity contribution in [1.82, 2.24) is 0 Å². The predicted octanol–water partition coefficient (Wildman–Crippen LogP) is 2.94. The average molecular weight is 351 g/mol. The van der Waals surface area contributed by atoms with E-state index in [-0.39, 0.29) is 12.8 Å². The maximum atomic E-state index is 13.2. The molecular weight excluding hydrogens is 326 g/mol. The standard InChI is InChI=1S/C10H18F4O3S.C3H7N/c11-6-4-2-1-3-5-8(12)10(14)9(13)7-18(15,16)17;1-2-3-4/h8-10H,1-7H2,(H,15,16,17);2H,1,3-4H2. The molecule has 0 saturated heterocycles. The molecule has 9 heteroatoms. The summed E-state index contributed by atoms with van der Waals surface area (Å²) >= 11 is 0. The summed E-state index contributed by atoms with van der Waals surface area (Å²) < 4.78 is 79.8. The van der Waals surface area contributed by atoms with Gasteiger partial charge in [0.1, 0.15) is 11.9 Å². The summed E-state index contributed by atoms with van der Waals surface area (Å²) in [6.45, 7) is 3.47. The molecule has 0 fully saturated rings. The zero-order valence-electron chi connectivity index (χ0n) is 12.4. The molecule has 4 nitrogen and oxygen atoms in total. The third-order valence-corrected chi connectivity index (χ3v) is 3.33. The maximum absolute atomic E-state index is 13.2. The smallest absolute Gasteiger partial charge is 0.267 e. The van der Waals surface area contributed by atoms with Crippen LogP contribution in [0, 0.1) is 0 Å². The lowest BCUT2D eigenvalue weighted by Gasteiger charge is -2.16. The number of nitrogens with two attached hydrogens (primary N) is 1. The molecule has 0 saturated carbocycles. The molecule has 0 aromatic heterocycles. The minimum absolute atomic E-state index is 0.251. The molecule has 0 aromatic rings. The van der Waals surface area contributed by atoms with E-state index >= 15 is 0 Å². The molecule has 0 amide bonds. The van der Waals surface area contributed by atoms with Gasteiger partial charge in [-0.05, 0) is 12.8 Å². The molecule has 0 radical (unpaired) electrons. The van der Waals surface area contributed by atoms with Crippen LogP contribution in [-0.2, 0) is 10.1 Å². The molecule has 0 rings (SSSR count). The Morgan fingerprint density at radius 3 is 2.00 bits per heavy atom. The van der Waals surface area contributed by atoms with E-state index in [4.69, 9.17) is 10.3 Å². The second kappa shape index (κ2) is 14.0. The van der Waals surface area contributed by atoms with E-state index in [0.29, 0.717) is 25.8 Å². The van der Waals surface area contributed by atoms with Crippen molar-refractivity contribution in [3.63, 3.8) is 0 Å².